The first kappa shape index (κ1) is 13.7. The predicted molar refractivity (Wildman–Crippen MR) is 81.0 cm³/mol. The maximum Gasteiger partial charge on any atom is 0.0577 e. The second-order valence-corrected chi connectivity index (χ2v) is 6.14. The fourth-order valence-corrected chi connectivity index (χ4v) is 2.81. The van der Waals surface area contributed by atoms with E-state index in [1.165, 1.54) is 4.88 Å². The van der Waals surface area contributed by atoms with Crippen LogP contribution in [0.2, 0.25) is 0 Å². The van der Waals surface area contributed by atoms with Gasteiger partial charge in [0.1, 0.15) is 0 Å². The molecule has 2 heterocycles. The average molecular weight is 325 g/mol. The van der Waals surface area contributed by atoms with Gasteiger partial charge in [-0.15, -0.1) is 11.3 Å². The van der Waals surface area contributed by atoms with Gasteiger partial charge >= 0.3 is 0 Å². The molecule has 0 aliphatic carbocycles. The Kier molecular flexibility index (Phi) is 5.35. The van der Waals surface area contributed by atoms with Gasteiger partial charge in [0, 0.05) is 22.0 Å². The summed E-state index contributed by atoms with van der Waals surface area (Å²) in [5.74, 6) is 0. The number of rotatable bonds is 6. The van der Waals surface area contributed by atoms with Crippen molar-refractivity contribution in [3.63, 3.8) is 0 Å². The first-order valence-corrected chi connectivity index (χ1v) is 7.84. The Labute approximate surface area is 121 Å². The average Bonchev–Trinajstić information content (AvgIpc) is 2.88. The van der Waals surface area contributed by atoms with Crippen LogP contribution in [0, 0.1) is 0 Å². The summed E-state index contributed by atoms with van der Waals surface area (Å²) in [5, 5.41) is 5.70. The van der Waals surface area contributed by atoms with E-state index in [1.54, 1.807) is 11.3 Å². The van der Waals surface area contributed by atoms with Crippen molar-refractivity contribution in [2.45, 2.75) is 25.8 Å². The Balaban J connectivity index is 2.11. The molecule has 4 heteroatoms. The summed E-state index contributed by atoms with van der Waals surface area (Å²) < 4.78 is 1.02. The summed E-state index contributed by atoms with van der Waals surface area (Å²) in [6.07, 6.45) is 4.01. The zero-order valence-corrected chi connectivity index (χ0v) is 12.8. The van der Waals surface area contributed by atoms with Gasteiger partial charge < -0.3 is 5.32 Å². The number of aromatic nitrogens is 1. The topological polar surface area (TPSA) is 24.9 Å². The van der Waals surface area contributed by atoms with Crippen molar-refractivity contribution in [1.29, 1.82) is 0 Å². The molecule has 0 aromatic carbocycles. The van der Waals surface area contributed by atoms with Gasteiger partial charge in [-0.1, -0.05) is 13.0 Å². The first-order chi connectivity index (χ1) is 8.79. The second kappa shape index (κ2) is 7.02. The summed E-state index contributed by atoms with van der Waals surface area (Å²) in [4.78, 5) is 5.90. The minimum absolute atomic E-state index is 0.302. The number of thiophene rings is 1. The van der Waals surface area contributed by atoms with E-state index < -0.39 is 0 Å². The van der Waals surface area contributed by atoms with Crippen LogP contribution in [0.15, 0.2) is 40.3 Å². The maximum atomic E-state index is 4.51. The Morgan fingerprint density at radius 1 is 1.39 bits per heavy atom. The minimum atomic E-state index is 0.302. The van der Waals surface area contributed by atoms with Crippen molar-refractivity contribution in [3.8, 4) is 0 Å². The van der Waals surface area contributed by atoms with Gasteiger partial charge in [0.25, 0.3) is 0 Å². The third-order valence-corrected chi connectivity index (χ3v) is 4.10. The summed E-state index contributed by atoms with van der Waals surface area (Å²) in [7, 11) is 0. The lowest BCUT2D eigenvalue weighted by atomic mass is 10.1. The van der Waals surface area contributed by atoms with Crippen LogP contribution in [0.25, 0.3) is 0 Å². The van der Waals surface area contributed by atoms with E-state index in [1.807, 2.05) is 6.20 Å². The Bertz CT molecular complexity index is 453. The van der Waals surface area contributed by atoms with Crippen LogP contribution in [-0.2, 0) is 6.42 Å². The molecule has 2 nitrogen and oxygen atoms in total. The molecular weight excluding hydrogens is 308 g/mol. The van der Waals surface area contributed by atoms with E-state index in [0.29, 0.717) is 6.04 Å². The van der Waals surface area contributed by atoms with Crippen molar-refractivity contribution in [1.82, 2.24) is 10.3 Å². The highest BCUT2D eigenvalue weighted by Gasteiger charge is 2.13. The first-order valence-electron chi connectivity index (χ1n) is 6.17. The van der Waals surface area contributed by atoms with Crippen molar-refractivity contribution < 1.29 is 0 Å². The lowest BCUT2D eigenvalue weighted by molar-refractivity contribution is 0.520. The fraction of sp³-hybridized carbons (Fsp3) is 0.357. The van der Waals surface area contributed by atoms with Crippen LogP contribution >= 0.6 is 27.3 Å². The monoisotopic (exact) mass is 324 g/mol. The van der Waals surface area contributed by atoms with Crippen LogP contribution in [0.3, 0.4) is 0 Å². The molecule has 2 aromatic heterocycles. The van der Waals surface area contributed by atoms with Crippen molar-refractivity contribution in [2.75, 3.05) is 6.54 Å². The van der Waals surface area contributed by atoms with E-state index in [4.69, 9.17) is 0 Å². The highest BCUT2D eigenvalue weighted by atomic mass is 79.9. The second-order valence-electron chi connectivity index (χ2n) is 4.19. The molecule has 0 spiro atoms. The fourth-order valence-electron chi connectivity index (χ4n) is 1.82. The largest absolute Gasteiger partial charge is 0.308 e. The van der Waals surface area contributed by atoms with Crippen LogP contribution < -0.4 is 5.32 Å². The summed E-state index contributed by atoms with van der Waals surface area (Å²) in [6.45, 7) is 3.21. The van der Waals surface area contributed by atoms with E-state index in [-0.39, 0.29) is 0 Å². The smallest absolute Gasteiger partial charge is 0.0577 e. The predicted octanol–water partition coefficient (Wildman–Crippen LogP) is 4.19. The third kappa shape index (κ3) is 3.90. The minimum Gasteiger partial charge on any atom is -0.308 e. The van der Waals surface area contributed by atoms with Gasteiger partial charge in [-0.05, 0) is 52.5 Å². The molecule has 0 saturated carbocycles. The van der Waals surface area contributed by atoms with Gasteiger partial charge in [-0.25, -0.2) is 0 Å². The molecule has 18 heavy (non-hydrogen) atoms. The van der Waals surface area contributed by atoms with Gasteiger partial charge in [0.2, 0.25) is 0 Å². The maximum absolute atomic E-state index is 4.51. The molecule has 1 unspecified atom stereocenters. The summed E-state index contributed by atoms with van der Waals surface area (Å²) in [5.41, 5.74) is 1.11. The van der Waals surface area contributed by atoms with Crippen molar-refractivity contribution in [3.05, 3.63) is 50.9 Å². The number of pyridine rings is 1. The number of hydrogen-bond acceptors (Lipinski definition) is 3. The van der Waals surface area contributed by atoms with Gasteiger partial charge in [-0.3, -0.25) is 4.98 Å². The third-order valence-electron chi connectivity index (χ3n) is 2.73. The molecule has 0 aliphatic heterocycles. The highest BCUT2D eigenvalue weighted by molar-refractivity contribution is 9.10. The summed E-state index contributed by atoms with van der Waals surface area (Å²) in [6, 6.07) is 8.73. The molecule has 0 fully saturated rings. The van der Waals surface area contributed by atoms with Crippen LogP contribution in [0.1, 0.15) is 30.0 Å². The molecule has 0 aliphatic rings. The molecular formula is C14H17BrN2S. The highest BCUT2D eigenvalue weighted by Crippen LogP contribution is 2.21. The normalized spacial score (nSPS) is 12.6. The van der Waals surface area contributed by atoms with E-state index in [9.17, 15) is 0 Å². The van der Waals surface area contributed by atoms with Gasteiger partial charge in [-0.2, -0.15) is 0 Å². The van der Waals surface area contributed by atoms with Gasteiger partial charge in [0.05, 0.1) is 11.7 Å². The molecule has 1 N–H and O–H groups in total. The lowest BCUT2D eigenvalue weighted by Gasteiger charge is -2.17. The van der Waals surface area contributed by atoms with Crippen LogP contribution in [0.5, 0.6) is 0 Å². The zero-order chi connectivity index (χ0) is 12.8. The van der Waals surface area contributed by atoms with Gasteiger partial charge in [0.15, 0.2) is 0 Å². The molecule has 1 atom stereocenters. The number of halogens is 1. The molecule has 0 saturated heterocycles. The Morgan fingerprint density at radius 3 is 2.89 bits per heavy atom. The molecule has 2 aromatic rings. The van der Waals surface area contributed by atoms with Crippen molar-refractivity contribution in [2.24, 2.45) is 0 Å². The van der Waals surface area contributed by atoms with E-state index in [2.05, 4.69) is 62.8 Å². The molecule has 0 bridgehead atoms. The number of nitrogens with one attached hydrogen (secondary N) is 1. The summed E-state index contributed by atoms with van der Waals surface area (Å²) >= 11 is 5.23. The molecule has 96 valence electrons. The zero-order valence-electron chi connectivity index (χ0n) is 10.4. The van der Waals surface area contributed by atoms with E-state index in [0.717, 1.165) is 29.6 Å². The SMILES string of the molecule is CCCNC(Cc1cccs1)c1ccc(Br)cn1. The molecule has 2 rings (SSSR count). The number of nitrogens with zero attached hydrogens (tertiary/aromatic N) is 1. The number of hydrogen-bond donors (Lipinski definition) is 1. The molecule has 0 radical (unpaired) electrons. The quantitative estimate of drug-likeness (QED) is 0.861. The van der Waals surface area contributed by atoms with Crippen LogP contribution in [0.4, 0.5) is 0 Å². The lowest BCUT2D eigenvalue weighted by Crippen LogP contribution is -2.24. The molecule has 0 amide bonds. The Hall–Kier alpha value is -0.710. The standard InChI is InChI=1S/C14H17BrN2S/c1-2-7-16-14(9-12-4-3-8-18-12)13-6-5-11(15)10-17-13/h3-6,8,10,14,16H,2,7,9H2,1H3. The van der Waals surface area contributed by atoms with Crippen LogP contribution in [-0.4, -0.2) is 11.5 Å². The Morgan fingerprint density at radius 2 is 2.28 bits per heavy atom. The van der Waals surface area contributed by atoms with E-state index >= 15 is 0 Å². The van der Waals surface area contributed by atoms with Crippen molar-refractivity contribution >= 4 is 27.3 Å².